The molecule has 0 aromatic rings. The summed E-state index contributed by atoms with van der Waals surface area (Å²) in [6.45, 7) is 4.17. The van der Waals surface area contributed by atoms with E-state index in [2.05, 4.69) is 11.3 Å². The molecule has 0 spiro atoms. The van der Waals surface area contributed by atoms with E-state index in [1.165, 1.54) is 0 Å². The lowest BCUT2D eigenvalue weighted by atomic mass is 10.1. The molecule has 8 nitrogen and oxygen atoms in total. The van der Waals surface area contributed by atoms with E-state index in [-0.39, 0.29) is 5.57 Å². The zero-order valence-electron chi connectivity index (χ0n) is 8.09. The van der Waals surface area contributed by atoms with E-state index >= 15 is 0 Å². The summed E-state index contributed by atoms with van der Waals surface area (Å²) in [6, 6.07) is 0. The van der Waals surface area contributed by atoms with Gasteiger partial charge >= 0.3 is 29.5 Å². The number of ether oxygens (including phenoxy) is 1. The Balaban J connectivity index is 5.48. The van der Waals surface area contributed by atoms with Crippen molar-refractivity contribution in [3.05, 3.63) is 12.2 Å². The highest BCUT2D eigenvalue weighted by atomic mass is 16.6. The molecule has 0 aliphatic carbocycles. The van der Waals surface area contributed by atoms with Crippen LogP contribution >= 0.6 is 0 Å². The van der Waals surface area contributed by atoms with Gasteiger partial charge in [0.25, 0.3) is 0 Å². The second kappa shape index (κ2) is 4.43. The van der Waals surface area contributed by atoms with Crippen molar-refractivity contribution >= 4 is 23.9 Å². The van der Waals surface area contributed by atoms with Crippen LogP contribution in [0.1, 0.15) is 6.92 Å². The van der Waals surface area contributed by atoms with Gasteiger partial charge < -0.3 is 20.1 Å². The van der Waals surface area contributed by atoms with Crippen molar-refractivity contribution in [3.8, 4) is 0 Å². The van der Waals surface area contributed by atoms with Crippen LogP contribution in [0.5, 0.6) is 0 Å². The smallest absolute Gasteiger partial charge is 0.400 e. The highest BCUT2D eigenvalue weighted by molar-refractivity contribution is 6.21. The number of esters is 1. The first kappa shape index (κ1) is 13.6. The topological polar surface area (TPSA) is 138 Å². The van der Waals surface area contributed by atoms with Crippen molar-refractivity contribution in [2.24, 2.45) is 0 Å². The second-order valence-corrected chi connectivity index (χ2v) is 2.77. The molecule has 0 fully saturated rings. The molecule has 0 bridgehead atoms. The van der Waals surface area contributed by atoms with Gasteiger partial charge in [0.1, 0.15) is 0 Å². The maximum Gasteiger partial charge on any atom is 0.400 e. The second-order valence-electron chi connectivity index (χ2n) is 2.77. The zero-order valence-corrected chi connectivity index (χ0v) is 8.09. The molecular formula is C8H8O8. The third-order valence-electron chi connectivity index (χ3n) is 1.50. The summed E-state index contributed by atoms with van der Waals surface area (Å²) in [7, 11) is 0. The number of hydrogen-bond donors (Lipinski definition) is 3. The molecule has 0 amide bonds. The molecule has 0 saturated carbocycles. The summed E-state index contributed by atoms with van der Waals surface area (Å²) in [6.07, 6.45) is 0. The Bertz CT molecular complexity index is 343. The number of carbonyl (C=O) groups is 4. The molecule has 16 heavy (non-hydrogen) atoms. The van der Waals surface area contributed by atoms with Gasteiger partial charge in [-0.05, 0) is 6.92 Å². The first-order valence-electron chi connectivity index (χ1n) is 3.75. The van der Waals surface area contributed by atoms with Crippen LogP contribution in [0.4, 0.5) is 0 Å². The molecule has 0 rings (SSSR count). The van der Waals surface area contributed by atoms with E-state index in [1.807, 2.05) is 0 Å². The molecule has 0 saturated heterocycles. The van der Waals surface area contributed by atoms with Crippen molar-refractivity contribution < 1.29 is 39.2 Å². The van der Waals surface area contributed by atoms with Crippen LogP contribution in [-0.4, -0.2) is 44.8 Å². The van der Waals surface area contributed by atoms with Crippen LogP contribution < -0.4 is 0 Å². The molecule has 8 heteroatoms. The molecule has 0 unspecified atom stereocenters. The van der Waals surface area contributed by atoms with Crippen LogP contribution in [0.25, 0.3) is 0 Å². The Morgan fingerprint density at radius 1 is 1.00 bits per heavy atom. The molecule has 0 aromatic carbocycles. The minimum atomic E-state index is -3.66. The van der Waals surface area contributed by atoms with Crippen molar-refractivity contribution in [1.29, 1.82) is 0 Å². The van der Waals surface area contributed by atoms with Crippen LogP contribution in [0, 0.1) is 0 Å². The number of carboxylic acid groups (broad SMARTS) is 3. The summed E-state index contributed by atoms with van der Waals surface area (Å²) < 4.78 is 3.95. The predicted octanol–water partition coefficient (Wildman–Crippen LogP) is -0.902. The minimum Gasteiger partial charge on any atom is -0.477 e. The maximum absolute atomic E-state index is 11.0. The molecular weight excluding hydrogens is 224 g/mol. The highest BCUT2D eigenvalue weighted by Gasteiger charge is 2.59. The molecule has 0 aliphatic rings. The van der Waals surface area contributed by atoms with E-state index in [4.69, 9.17) is 15.3 Å². The Morgan fingerprint density at radius 2 is 1.31 bits per heavy atom. The van der Waals surface area contributed by atoms with Crippen LogP contribution in [0.2, 0.25) is 0 Å². The van der Waals surface area contributed by atoms with Crippen LogP contribution in [0.15, 0.2) is 12.2 Å². The fourth-order valence-electron chi connectivity index (χ4n) is 0.632. The van der Waals surface area contributed by atoms with Gasteiger partial charge in [-0.3, -0.25) is 0 Å². The molecule has 0 aliphatic heterocycles. The van der Waals surface area contributed by atoms with Gasteiger partial charge in [-0.15, -0.1) is 0 Å². The van der Waals surface area contributed by atoms with Gasteiger partial charge in [0.15, 0.2) is 0 Å². The number of rotatable bonds is 5. The van der Waals surface area contributed by atoms with Crippen molar-refractivity contribution in [2.75, 3.05) is 0 Å². The first-order chi connectivity index (χ1) is 7.16. The van der Waals surface area contributed by atoms with Gasteiger partial charge in [-0.2, -0.15) is 0 Å². The van der Waals surface area contributed by atoms with Crippen molar-refractivity contribution in [3.63, 3.8) is 0 Å². The fraction of sp³-hybridized carbons (Fsp3) is 0.250. The van der Waals surface area contributed by atoms with Crippen molar-refractivity contribution in [1.82, 2.24) is 0 Å². The molecule has 0 aromatic heterocycles. The van der Waals surface area contributed by atoms with E-state index in [9.17, 15) is 19.2 Å². The Morgan fingerprint density at radius 3 is 1.50 bits per heavy atom. The minimum absolute atomic E-state index is 0.326. The van der Waals surface area contributed by atoms with Crippen LogP contribution in [-0.2, 0) is 23.9 Å². The SMILES string of the molecule is C=C(C)C(=O)OC(C(=O)O)(C(=O)O)C(=O)O. The summed E-state index contributed by atoms with van der Waals surface area (Å²) in [5, 5.41) is 25.6. The average Bonchev–Trinajstić information content (AvgIpc) is 2.11. The summed E-state index contributed by atoms with van der Waals surface area (Å²) >= 11 is 0. The normalized spacial score (nSPS) is 10.3. The predicted molar refractivity (Wildman–Crippen MR) is 46.5 cm³/mol. The molecule has 3 N–H and O–H groups in total. The maximum atomic E-state index is 11.0. The monoisotopic (exact) mass is 232 g/mol. The third-order valence-corrected chi connectivity index (χ3v) is 1.50. The first-order valence-corrected chi connectivity index (χ1v) is 3.75. The molecule has 0 atom stereocenters. The summed E-state index contributed by atoms with van der Waals surface area (Å²) in [5.41, 5.74) is -3.98. The van der Waals surface area contributed by atoms with Gasteiger partial charge in [-0.25, -0.2) is 19.2 Å². The Kier molecular flexibility index (Phi) is 3.77. The molecule has 0 heterocycles. The van der Waals surface area contributed by atoms with E-state index < -0.39 is 29.5 Å². The summed E-state index contributed by atoms with van der Waals surface area (Å²) in [4.78, 5) is 42.7. The van der Waals surface area contributed by atoms with E-state index in [0.717, 1.165) is 6.92 Å². The number of aliphatic carboxylic acids is 3. The van der Waals surface area contributed by atoms with E-state index in [1.54, 1.807) is 0 Å². The standard InChI is InChI=1S/C8H8O8/c1-3(2)4(9)16-8(5(10)11,6(12)13)7(14)15/h1H2,2H3,(H,10,11)(H,12,13)(H,14,15). The van der Waals surface area contributed by atoms with Gasteiger partial charge in [0, 0.05) is 5.57 Å². The number of carbonyl (C=O) groups excluding carboxylic acids is 1. The number of carboxylic acids is 3. The van der Waals surface area contributed by atoms with Gasteiger partial charge in [-0.1, -0.05) is 6.58 Å². The fourth-order valence-corrected chi connectivity index (χ4v) is 0.632. The largest absolute Gasteiger partial charge is 0.477 e. The van der Waals surface area contributed by atoms with Gasteiger partial charge in [0.05, 0.1) is 0 Å². The lowest BCUT2D eigenvalue weighted by Crippen LogP contribution is -2.56. The Hall–Kier alpha value is -2.38. The molecule has 88 valence electrons. The third kappa shape index (κ3) is 2.16. The van der Waals surface area contributed by atoms with Crippen LogP contribution in [0.3, 0.4) is 0 Å². The van der Waals surface area contributed by atoms with Crippen molar-refractivity contribution in [2.45, 2.75) is 12.5 Å². The lowest BCUT2D eigenvalue weighted by Gasteiger charge is -2.20. The van der Waals surface area contributed by atoms with E-state index in [0.29, 0.717) is 0 Å². The highest BCUT2D eigenvalue weighted by Crippen LogP contribution is 2.15. The summed E-state index contributed by atoms with van der Waals surface area (Å²) in [5.74, 6) is -8.38. The van der Waals surface area contributed by atoms with Gasteiger partial charge in [0.2, 0.25) is 0 Å². The quantitative estimate of drug-likeness (QED) is 0.315. The average molecular weight is 232 g/mol. The zero-order chi connectivity index (χ0) is 13.1. The number of hydrogen-bond acceptors (Lipinski definition) is 5. The lowest BCUT2D eigenvalue weighted by molar-refractivity contribution is -0.197. The molecule has 0 radical (unpaired) electrons. The Labute approximate surface area is 88.7 Å².